The third kappa shape index (κ3) is 3.25. The lowest BCUT2D eigenvalue weighted by atomic mass is 10.2. The highest BCUT2D eigenvalue weighted by molar-refractivity contribution is 5.83. The number of carbonyl (C=O) groups excluding carboxylic acids is 2. The van der Waals surface area contributed by atoms with Crippen LogP contribution in [0.5, 0.6) is 0 Å². The number of amides is 1. The maximum Gasteiger partial charge on any atom is 0.330 e. The van der Waals surface area contributed by atoms with Crippen molar-refractivity contribution in [3.63, 3.8) is 0 Å². The van der Waals surface area contributed by atoms with Crippen LogP contribution in [0.25, 0.3) is 10.9 Å². The predicted octanol–water partition coefficient (Wildman–Crippen LogP) is 0.0742. The molecule has 2 aromatic rings. The monoisotopic (exact) mass is 289 g/mol. The molecule has 0 aliphatic carbocycles. The van der Waals surface area contributed by atoms with Crippen molar-refractivity contribution in [2.75, 3.05) is 7.11 Å². The molecule has 0 saturated carbocycles. The highest BCUT2D eigenvalue weighted by Gasteiger charge is 2.21. The minimum atomic E-state index is -0.870. The van der Waals surface area contributed by atoms with Crippen molar-refractivity contribution < 1.29 is 14.3 Å². The topological polar surface area (TPSA) is 90.3 Å². The van der Waals surface area contributed by atoms with Crippen molar-refractivity contribution in [2.24, 2.45) is 0 Å². The molecular formula is C14H15N3O4. The van der Waals surface area contributed by atoms with Crippen LogP contribution >= 0.6 is 0 Å². The fourth-order valence-electron chi connectivity index (χ4n) is 2.05. The smallest absolute Gasteiger partial charge is 0.330 e. The second-order valence-corrected chi connectivity index (χ2v) is 4.48. The molecule has 1 aromatic heterocycles. The Balaban J connectivity index is 2.41. The number of hydrogen-bond donors (Lipinski definition) is 1. The Morgan fingerprint density at radius 1 is 1.38 bits per heavy atom. The zero-order valence-electron chi connectivity index (χ0n) is 11.7. The molecule has 1 amide bonds. The number of hydrogen-bond acceptors (Lipinski definition) is 5. The van der Waals surface area contributed by atoms with E-state index in [1.54, 1.807) is 24.3 Å². The number of para-hydroxylation sites is 1. The lowest BCUT2D eigenvalue weighted by Gasteiger charge is -2.17. The van der Waals surface area contributed by atoms with Crippen molar-refractivity contribution in [3.8, 4) is 0 Å². The molecule has 0 aliphatic rings. The first-order valence-corrected chi connectivity index (χ1v) is 6.32. The summed E-state index contributed by atoms with van der Waals surface area (Å²) in [7, 11) is 1.24. The van der Waals surface area contributed by atoms with Gasteiger partial charge in [0.25, 0.3) is 0 Å². The molecule has 0 bridgehead atoms. The van der Waals surface area contributed by atoms with E-state index < -0.39 is 12.0 Å². The summed E-state index contributed by atoms with van der Waals surface area (Å²) in [5.74, 6) is -0.925. The average Bonchev–Trinajstić information content (AvgIpc) is 2.48. The van der Waals surface area contributed by atoms with E-state index in [2.05, 4.69) is 15.2 Å². The van der Waals surface area contributed by atoms with Crippen LogP contribution in [-0.2, 0) is 20.9 Å². The number of methoxy groups -OCH3 is 1. The Morgan fingerprint density at radius 2 is 2.10 bits per heavy atom. The van der Waals surface area contributed by atoms with Gasteiger partial charge in [0, 0.05) is 12.3 Å². The van der Waals surface area contributed by atoms with Crippen LogP contribution in [0.1, 0.15) is 6.92 Å². The Labute approximate surface area is 120 Å². The fraction of sp³-hybridized carbons (Fsp3) is 0.286. The van der Waals surface area contributed by atoms with E-state index in [0.29, 0.717) is 10.9 Å². The first-order chi connectivity index (χ1) is 10.0. The number of benzene rings is 1. The van der Waals surface area contributed by atoms with Crippen molar-refractivity contribution in [2.45, 2.75) is 19.5 Å². The van der Waals surface area contributed by atoms with Gasteiger partial charge in [-0.15, -0.1) is 0 Å². The van der Waals surface area contributed by atoms with Gasteiger partial charge in [-0.1, -0.05) is 12.1 Å². The van der Waals surface area contributed by atoms with Gasteiger partial charge >= 0.3 is 5.97 Å². The Kier molecular flexibility index (Phi) is 4.32. The molecule has 0 radical (unpaired) electrons. The highest BCUT2D eigenvalue weighted by atomic mass is 16.5. The summed E-state index contributed by atoms with van der Waals surface area (Å²) in [5, 5.41) is 7.02. The molecular weight excluding hydrogens is 274 g/mol. The van der Waals surface area contributed by atoms with Crippen LogP contribution in [-0.4, -0.2) is 34.8 Å². The van der Waals surface area contributed by atoms with Gasteiger partial charge in [-0.25, -0.2) is 4.79 Å². The maximum absolute atomic E-state index is 11.7. The number of nitrogens with one attached hydrogen (secondary N) is 1. The number of aromatic nitrogens is 2. The second-order valence-electron chi connectivity index (χ2n) is 4.48. The molecule has 0 aliphatic heterocycles. The van der Waals surface area contributed by atoms with Gasteiger partial charge in [0.1, 0.15) is 6.04 Å². The lowest BCUT2D eigenvalue weighted by Crippen LogP contribution is -2.43. The normalized spacial score (nSPS) is 11.9. The second kappa shape index (κ2) is 6.17. The molecule has 1 heterocycles. The van der Waals surface area contributed by atoms with Crippen molar-refractivity contribution in [1.82, 2.24) is 15.1 Å². The number of rotatable bonds is 4. The highest BCUT2D eigenvalue weighted by Crippen LogP contribution is 2.08. The Hall–Kier alpha value is -2.70. The molecule has 110 valence electrons. The number of esters is 1. The fourth-order valence-corrected chi connectivity index (χ4v) is 2.05. The standard InChI is InChI=1S/C14H15N3O4/c1-9(18)16-11(14(20)21-2)8-17-12-6-4-3-5-10(12)13(19)7-15-17/h3-7,11H,8H2,1-2H3,(H,16,18). The predicted molar refractivity (Wildman–Crippen MR) is 75.6 cm³/mol. The van der Waals surface area contributed by atoms with E-state index in [4.69, 9.17) is 0 Å². The summed E-state index contributed by atoms with van der Waals surface area (Å²) in [6.45, 7) is 1.39. The van der Waals surface area contributed by atoms with Crippen LogP contribution in [0.2, 0.25) is 0 Å². The number of fused-ring (bicyclic) bond motifs is 1. The maximum atomic E-state index is 11.7. The van der Waals surface area contributed by atoms with E-state index in [1.165, 1.54) is 24.9 Å². The average molecular weight is 289 g/mol. The van der Waals surface area contributed by atoms with Crippen LogP contribution in [0.15, 0.2) is 35.3 Å². The largest absolute Gasteiger partial charge is 0.467 e. The van der Waals surface area contributed by atoms with Gasteiger partial charge in [0.15, 0.2) is 0 Å². The number of carbonyl (C=O) groups is 2. The van der Waals surface area contributed by atoms with Crippen molar-refractivity contribution >= 4 is 22.8 Å². The molecule has 0 spiro atoms. The van der Waals surface area contributed by atoms with Crippen LogP contribution in [0, 0.1) is 0 Å². The first kappa shape index (κ1) is 14.7. The number of ether oxygens (including phenoxy) is 1. The molecule has 7 nitrogen and oxygen atoms in total. The summed E-state index contributed by atoms with van der Waals surface area (Å²) >= 11 is 0. The summed E-state index contributed by atoms with van der Waals surface area (Å²) < 4.78 is 6.16. The Bertz CT molecular complexity index is 738. The molecule has 7 heteroatoms. The third-order valence-corrected chi connectivity index (χ3v) is 2.98. The van der Waals surface area contributed by atoms with Crippen LogP contribution < -0.4 is 10.7 Å². The summed E-state index contributed by atoms with van der Waals surface area (Å²) in [4.78, 5) is 34.6. The van der Waals surface area contributed by atoms with Gasteiger partial charge in [0.2, 0.25) is 11.3 Å². The van der Waals surface area contributed by atoms with Crippen LogP contribution in [0.3, 0.4) is 0 Å². The van der Waals surface area contributed by atoms with Gasteiger partial charge in [-0.2, -0.15) is 5.10 Å². The molecule has 21 heavy (non-hydrogen) atoms. The number of nitrogens with zero attached hydrogens (tertiary/aromatic N) is 2. The zero-order valence-corrected chi connectivity index (χ0v) is 11.7. The third-order valence-electron chi connectivity index (χ3n) is 2.98. The molecule has 0 saturated heterocycles. The molecule has 1 atom stereocenters. The van der Waals surface area contributed by atoms with E-state index in [1.807, 2.05) is 0 Å². The lowest BCUT2D eigenvalue weighted by molar-refractivity contribution is -0.145. The summed E-state index contributed by atoms with van der Waals surface area (Å²) in [6, 6.07) is 6.06. The minimum Gasteiger partial charge on any atom is -0.467 e. The van der Waals surface area contributed by atoms with E-state index in [-0.39, 0.29) is 17.9 Å². The first-order valence-electron chi connectivity index (χ1n) is 6.32. The molecule has 1 unspecified atom stereocenters. The SMILES string of the molecule is COC(=O)C(Cn1ncc(=O)c2ccccc21)NC(C)=O. The molecule has 0 fully saturated rings. The summed E-state index contributed by atoms with van der Waals surface area (Å²) in [6.07, 6.45) is 1.18. The van der Waals surface area contributed by atoms with Gasteiger partial charge < -0.3 is 10.1 Å². The van der Waals surface area contributed by atoms with Gasteiger partial charge in [-0.3, -0.25) is 14.3 Å². The summed E-state index contributed by atoms with van der Waals surface area (Å²) in [5.41, 5.74) is 0.389. The van der Waals surface area contributed by atoms with Crippen molar-refractivity contribution in [1.29, 1.82) is 0 Å². The molecule has 1 N–H and O–H groups in total. The molecule has 2 rings (SSSR count). The van der Waals surface area contributed by atoms with Crippen molar-refractivity contribution in [3.05, 3.63) is 40.7 Å². The quantitative estimate of drug-likeness (QED) is 0.805. The van der Waals surface area contributed by atoms with Crippen LogP contribution in [0.4, 0.5) is 0 Å². The van der Waals surface area contributed by atoms with E-state index in [0.717, 1.165) is 0 Å². The van der Waals surface area contributed by atoms with E-state index in [9.17, 15) is 14.4 Å². The van der Waals surface area contributed by atoms with E-state index >= 15 is 0 Å². The van der Waals surface area contributed by atoms with Gasteiger partial charge in [0.05, 0.1) is 25.4 Å². The van der Waals surface area contributed by atoms with Gasteiger partial charge in [-0.05, 0) is 12.1 Å². The zero-order chi connectivity index (χ0) is 15.4. The Morgan fingerprint density at radius 3 is 2.76 bits per heavy atom. The molecule has 1 aromatic carbocycles. The minimum absolute atomic E-state index is 0.0764.